The molecule has 134 valence electrons. The Bertz CT molecular complexity index is 808. The molecule has 1 N–H and O–H groups in total. The van der Waals surface area contributed by atoms with Crippen LogP contribution in [0.25, 0.3) is 6.08 Å². The van der Waals surface area contributed by atoms with Crippen molar-refractivity contribution in [2.75, 3.05) is 11.9 Å². The molecule has 4 heteroatoms. The fourth-order valence-corrected chi connectivity index (χ4v) is 3.29. The maximum Gasteiger partial charge on any atom is 0.330 e. The zero-order chi connectivity index (χ0) is 18.4. The minimum Gasteiger partial charge on any atom is -0.463 e. The lowest BCUT2D eigenvalue weighted by Gasteiger charge is -2.24. The molecule has 1 unspecified atom stereocenters. The molecule has 0 saturated carbocycles. The van der Waals surface area contributed by atoms with Crippen molar-refractivity contribution in [1.29, 1.82) is 0 Å². The van der Waals surface area contributed by atoms with Crippen molar-refractivity contribution in [3.05, 3.63) is 71.3 Å². The normalized spacial score (nSPS) is 16.1. The first kappa shape index (κ1) is 17.9. The van der Waals surface area contributed by atoms with Crippen LogP contribution in [0.1, 0.15) is 42.4 Å². The fraction of sp³-hybridized carbons (Fsp3) is 0.273. The van der Waals surface area contributed by atoms with Crippen molar-refractivity contribution in [2.45, 2.75) is 32.1 Å². The van der Waals surface area contributed by atoms with Crippen molar-refractivity contribution in [3.8, 4) is 0 Å². The minimum atomic E-state index is -0.360. The van der Waals surface area contributed by atoms with Gasteiger partial charge < -0.3 is 10.1 Å². The van der Waals surface area contributed by atoms with Crippen LogP contribution < -0.4 is 5.32 Å². The maximum atomic E-state index is 12.7. The molecule has 4 nitrogen and oxygen atoms in total. The van der Waals surface area contributed by atoms with Gasteiger partial charge in [0.25, 0.3) is 0 Å². The number of nitrogens with one attached hydrogen (secondary N) is 1. The van der Waals surface area contributed by atoms with Crippen LogP contribution in [0.3, 0.4) is 0 Å². The van der Waals surface area contributed by atoms with Gasteiger partial charge in [0.1, 0.15) is 0 Å². The molecule has 0 radical (unpaired) electrons. The third-order valence-corrected chi connectivity index (χ3v) is 4.56. The van der Waals surface area contributed by atoms with Crippen LogP contribution in [-0.2, 0) is 20.7 Å². The van der Waals surface area contributed by atoms with E-state index in [-0.39, 0.29) is 17.8 Å². The predicted molar refractivity (Wildman–Crippen MR) is 103 cm³/mol. The second kappa shape index (κ2) is 8.48. The van der Waals surface area contributed by atoms with Gasteiger partial charge in [0.2, 0.25) is 5.91 Å². The molecule has 1 aliphatic carbocycles. The lowest BCUT2D eigenvalue weighted by molar-refractivity contribution is -0.137. The van der Waals surface area contributed by atoms with Gasteiger partial charge in [0.15, 0.2) is 0 Å². The van der Waals surface area contributed by atoms with Crippen LogP contribution in [0.5, 0.6) is 0 Å². The zero-order valence-electron chi connectivity index (χ0n) is 14.9. The summed E-state index contributed by atoms with van der Waals surface area (Å²) in [6, 6.07) is 15.6. The lowest BCUT2D eigenvalue weighted by atomic mass is 9.82. The molecular weight excluding hydrogens is 326 g/mol. The Morgan fingerprint density at radius 2 is 1.92 bits per heavy atom. The third kappa shape index (κ3) is 4.39. The highest BCUT2D eigenvalue weighted by atomic mass is 16.5. The van der Waals surface area contributed by atoms with E-state index in [1.165, 1.54) is 11.6 Å². The average Bonchev–Trinajstić information content (AvgIpc) is 2.67. The average molecular weight is 349 g/mol. The quantitative estimate of drug-likeness (QED) is 0.646. The fourth-order valence-electron chi connectivity index (χ4n) is 3.29. The van der Waals surface area contributed by atoms with Gasteiger partial charge in [-0.2, -0.15) is 0 Å². The molecule has 0 fully saturated rings. The van der Waals surface area contributed by atoms with E-state index in [0.717, 1.165) is 36.1 Å². The highest BCUT2D eigenvalue weighted by molar-refractivity contribution is 5.96. The number of fused-ring (bicyclic) bond motifs is 1. The van der Waals surface area contributed by atoms with Crippen LogP contribution in [0.15, 0.2) is 54.6 Å². The number of aryl methyl sites for hydroxylation is 1. The summed E-state index contributed by atoms with van der Waals surface area (Å²) in [5.41, 5.74) is 4.05. The summed E-state index contributed by atoms with van der Waals surface area (Å²) in [5, 5.41) is 3.01. The summed E-state index contributed by atoms with van der Waals surface area (Å²) in [7, 11) is 0. The first-order chi connectivity index (χ1) is 12.7. The van der Waals surface area contributed by atoms with E-state index in [1.54, 1.807) is 13.0 Å². The third-order valence-electron chi connectivity index (χ3n) is 4.56. The summed E-state index contributed by atoms with van der Waals surface area (Å²) in [6.45, 7) is 2.13. The summed E-state index contributed by atoms with van der Waals surface area (Å²) >= 11 is 0. The predicted octanol–water partition coefficient (Wildman–Crippen LogP) is 4.32. The number of hydrogen-bond donors (Lipinski definition) is 1. The van der Waals surface area contributed by atoms with E-state index in [4.69, 9.17) is 4.74 Å². The van der Waals surface area contributed by atoms with Crippen LogP contribution in [0.4, 0.5) is 5.69 Å². The SMILES string of the molecule is CCOC(=O)/C=C/c1ccc(NC(=O)C2CCCc3ccccc32)cc1. The topological polar surface area (TPSA) is 55.4 Å². The molecule has 0 heterocycles. The number of anilines is 1. The van der Waals surface area contributed by atoms with Crippen molar-refractivity contribution in [2.24, 2.45) is 0 Å². The molecule has 2 aromatic rings. The van der Waals surface area contributed by atoms with Gasteiger partial charge in [-0.05, 0) is 61.1 Å². The van der Waals surface area contributed by atoms with Gasteiger partial charge >= 0.3 is 5.97 Å². The standard InChI is InChI=1S/C22H23NO3/c1-2-26-21(24)15-12-16-10-13-18(14-11-16)23-22(25)20-9-5-7-17-6-3-4-8-19(17)20/h3-4,6,8,10-15,20H,2,5,7,9H2,1H3,(H,23,25)/b15-12+. The van der Waals surface area contributed by atoms with E-state index < -0.39 is 0 Å². The molecular formula is C22H23NO3. The van der Waals surface area contributed by atoms with Gasteiger partial charge in [-0.25, -0.2) is 4.79 Å². The Morgan fingerprint density at radius 3 is 2.69 bits per heavy atom. The molecule has 0 bridgehead atoms. The smallest absolute Gasteiger partial charge is 0.330 e. The van der Waals surface area contributed by atoms with Crippen LogP contribution in [0.2, 0.25) is 0 Å². The van der Waals surface area contributed by atoms with Gasteiger partial charge in [-0.1, -0.05) is 36.4 Å². The second-order valence-electron chi connectivity index (χ2n) is 6.34. The highest BCUT2D eigenvalue weighted by Gasteiger charge is 2.26. The molecule has 2 aromatic carbocycles. The number of ether oxygens (including phenoxy) is 1. The number of amides is 1. The van der Waals surface area contributed by atoms with E-state index >= 15 is 0 Å². The maximum absolute atomic E-state index is 12.7. The molecule has 0 aliphatic heterocycles. The van der Waals surface area contributed by atoms with E-state index in [0.29, 0.717) is 6.61 Å². The Morgan fingerprint density at radius 1 is 1.15 bits per heavy atom. The Labute approximate surface area is 153 Å². The number of esters is 1. The number of hydrogen-bond acceptors (Lipinski definition) is 3. The van der Waals surface area contributed by atoms with Crippen LogP contribution >= 0.6 is 0 Å². The Hall–Kier alpha value is -2.88. The van der Waals surface area contributed by atoms with E-state index in [2.05, 4.69) is 17.4 Å². The Balaban J connectivity index is 1.65. The Kier molecular flexibility index (Phi) is 5.84. The number of carbonyl (C=O) groups is 2. The van der Waals surface area contributed by atoms with Crippen molar-refractivity contribution >= 4 is 23.6 Å². The monoisotopic (exact) mass is 349 g/mol. The largest absolute Gasteiger partial charge is 0.463 e. The van der Waals surface area contributed by atoms with Crippen LogP contribution in [0, 0.1) is 0 Å². The first-order valence-electron chi connectivity index (χ1n) is 9.01. The summed E-state index contributed by atoms with van der Waals surface area (Å²) in [4.78, 5) is 24.1. The van der Waals surface area contributed by atoms with Crippen LogP contribution in [-0.4, -0.2) is 18.5 Å². The molecule has 1 aliphatic rings. The summed E-state index contributed by atoms with van der Waals surface area (Å²) in [5.74, 6) is -0.420. The summed E-state index contributed by atoms with van der Waals surface area (Å²) < 4.78 is 4.85. The molecule has 26 heavy (non-hydrogen) atoms. The molecule has 0 spiro atoms. The van der Waals surface area contributed by atoms with Crippen molar-refractivity contribution in [3.63, 3.8) is 0 Å². The van der Waals surface area contributed by atoms with Gasteiger partial charge in [0, 0.05) is 11.8 Å². The zero-order valence-corrected chi connectivity index (χ0v) is 14.9. The molecule has 0 saturated heterocycles. The first-order valence-corrected chi connectivity index (χ1v) is 9.01. The second-order valence-corrected chi connectivity index (χ2v) is 6.34. The number of rotatable bonds is 5. The van der Waals surface area contributed by atoms with E-state index in [1.807, 2.05) is 36.4 Å². The molecule has 3 rings (SSSR count). The van der Waals surface area contributed by atoms with E-state index in [9.17, 15) is 9.59 Å². The number of benzene rings is 2. The van der Waals surface area contributed by atoms with Gasteiger partial charge in [-0.15, -0.1) is 0 Å². The molecule has 0 aromatic heterocycles. The van der Waals surface area contributed by atoms with Crippen molar-refractivity contribution in [1.82, 2.24) is 0 Å². The number of carbonyl (C=O) groups excluding carboxylic acids is 2. The van der Waals surface area contributed by atoms with Gasteiger partial charge in [0.05, 0.1) is 12.5 Å². The van der Waals surface area contributed by atoms with Crippen molar-refractivity contribution < 1.29 is 14.3 Å². The van der Waals surface area contributed by atoms with Gasteiger partial charge in [-0.3, -0.25) is 4.79 Å². The molecule has 1 atom stereocenters. The summed E-state index contributed by atoms with van der Waals surface area (Å²) in [6.07, 6.45) is 6.05. The minimum absolute atomic E-state index is 0.0342. The molecule has 1 amide bonds. The lowest BCUT2D eigenvalue weighted by Crippen LogP contribution is -2.24. The highest BCUT2D eigenvalue weighted by Crippen LogP contribution is 2.32.